The van der Waals surface area contributed by atoms with Gasteiger partial charge < -0.3 is 65.1 Å². The van der Waals surface area contributed by atoms with Crippen LogP contribution in [0.3, 0.4) is 0 Å². The van der Waals surface area contributed by atoms with Crippen molar-refractivity contribution in [3.63, 3.8) is 0 Å². The predicted molar refractivity (Wildman–Crippen MR) is 226 cm³/mol. The molecule has 0 spiro atoms. The van der Waals surface area contributed by atoms with Crippen LogP contribution in [0.2, 0.25) is 0 Å². The Morgan fingerprint density at radius 1 is 0.610 bits per heavy atom. The van der Waals surface area contributed by atoms with E-state index in [9.17, 15) is 45.6 Å². The molecule has 0 saturated carbocycles. The summed E-state index contributed by atoms with van der Waals surface area (Å²) in [7, 11) is 0. The molecule has 2 saturated heterocycles. The summed E-state index contributed by atoms with van der Waals surface area (Å²) in [4.78, 5) is 13.1. The maximum atomic E-state index is 13.1. The van der Waals surface area contributed by atoms with Gasteiger partial charge >= 0.3 is 0 Å². The fraction of sp³-hybridized carbons (Fsp3) is 0.889. The molecule has 9 N–H and O–H groups in total. The van der Waals surface area contributed by atoms with E-state index in [2.05, 4.69) is 43.5 Å². The maximum absolute atomic E-state index is 13.1. The topological polar surface area (TPSA) is 228 Å². The van der Waals surface area contributed by atoms with Gasteiger partial charge in [0.2, 0.25) is 5.91 Å². The van der Waals surface area contributed by atoms with Crippen LogP contribution in [0.5, 0.6) is 0 Å². The lowest BCUT2D eigenvalue weighted by molar-refractivity contribution is -0.359. The van der Waals surface area contributed by atoms with Crippen LogP contribution in [0.4, 0.5) is 0 Å². The average Bonchev–Trinajstić information content (AvgIpc) is 3.23. The monoisotopic (exact) mass is 846 g/mol. The largest absolute Gasteiger partial charge is 0.394 e. The molecule has 0 bridgehead atoms. The Morgan fingerprint density at radius 2 is 1.12 bits per heavy atom. The summed E-state index contributed by atoms with van der Waals surface area (Å²) >= 11 is 0. The molecule has 346 valence electrons. The first-order valence-corrected chi connectivity index (χ1v) is 23.1. The average molecular weight is 846 g/mol. The van der Waals surface area contributed by atoms with Gasteiger partial charge in [0.25, 0.3) is 0 Å². The van der Waals surface area contributed by atoms with Gasteiger partial charge in [-0.25, -0.2) is 0 Å². The number of carbonyl (C=O) groups excluding carboxylic acids is 1. The standard InChI is InChI=1S/C45H83NO13/c1-3-5-7-9-11-13-15-16-17-18-19-21-23-25-27-29-37(50)46-33(34(49)28-26-24-22-20-14-12-10-8-6-4-2)32-56-44-42(55)40(53)43(36(31-48)58-44)59-45-41(54)39(52)38(51)35(30-47)57-45/h11,13,16-17,33-36,38-45,47-49,51-55H,3-10,12,14-15,18-32H2,1-2H3,(H,46,50)/b13-11-,17-16-. The number of ether oxygens (including phenoxy) is 4. The van der Waals surface area contributed by atoms with Crippen molar-refractivity contribution < 1.29 is 64.6 Å². The third-order valence-corrected chi connectivity index (χ3v) is 11.4. The zero-order valence-corrected chi connectivity index (χ0v) is 36.2. The van der Waals surface area contributed by atoms with Gasteiger partial charge in [-0.05, 0) is 44.9 Å². The van der Waals surface area contributed by atoms with E-state index in [4.69, 9.17) is 18.9 Å². The Labute approximate surface area is 354 Å². The number of allylic oxidation sites excluding steroid dienone is 4. The summed E-state index contributed by atoms with van der Waals surface area (Å²) < 4.78 is 22.7. The highest BCUT2D eigenvalue weighted by Crippen LogP contribution is 2.30. The van der Waals surface area contributed by atoms with E-state index in [1.807, 2.05) is 0 Å². The Morgan fingerprint density at radius 3 is 1.73 bits per heavy atom. The minimum atomic E-state index is -1.78. The fourth-order valence-electron chi connectivity index (χ4n) is 7.56. The molecule has 12 unspecified atom stereocenters. The lowest BCUT2D eigenvalue weighted by Crippen LogP contribution is -2.65. The van der Waals surface area contributed by atoms with Gasteiger partial charge in [0, 0.05) is 6.42 Å². The molecule has 14 heteroatoms. The highest BCUT2D eigenvalue weighted by molar-refractivity contribution is 5.76. The van der Waals surface area contributed by atoms with Gasteiger partial charge in [0.15, 0.2) is 12.6 Å². The number of rotatable bonds is 34. The predicted octanol–water partition coefficient (Wildman–Crippen LogP) is 4.60. The first-order chi connectivity index (χ1) is 28.6. The summed E-state index contributed by atoms with van der Waals surface area (Å²) in [6.45, 7) is 2.77. The minimum absolute atomic E-state index is 0.224. The molecule has 12 atom stereocenters. The summed E-state index contributed by atoms with van der Waals surface area (Å²) in [6, 6.07) is -0.831. The molecule has 0 radical (unpaired) electrons. The van der Waals surface area contributed by atoms with Crippen LogP contribution >= 0.6 is 0 Å². The van der Waals surface area contributed by atoms with Crippen molar-refractivity contribution in [2.24, 2.45) is 0 Å². The number of nitrogens with one attached hydrogen (secondary N) is 1. The van der Waals surface area contributed by atoms with Crippen molar-refractivity contribution in [3.8, 4) is 0 Å². The van der Waals surface area contributed by atoms with E-state index >= 15 is 0 Å². The third kappa shape index (κ3) is 21.4. The van der Waals surface area contributed by atoms with Crippen molar-refractivity contribution in [1.29, 1.82) is 0 Å². The zero-order chi connectivity index (χ0) is 43.3. The summed E-state index contributed by atoms with van der Waals surface area (Å²) in [6.07, 6.45) is 16.2. The van der Waals surface area contributed by atoms with Crippen molar-refractivity contribution in [3.05, 3.63) is 24.3 Å². The first kappa shape index (κ1) is 53.6. The molecular formula is C45H83NO13. The number of aliphatic hydroxyl groups is 8. The second-order valence-corrected chi connectivity index (χ2v) is 16.5. The normalized spacial score (nSPS) is 28.7. The van der Waals surface area contributed by atoms with Gasteiger partial charge in [-0.3, -0.25) is 4.79 Å². The molecule has 0 aromatic rings. The Kier molecular flexibility index (Phi) is 30.1. The number of hydrogen-bond donors (Lipinski definition) is 9. The van der Waals surface area contributed by atoms with E-state index in [-0.39, 0.29) is 18.9 Å². The van der Waals surface area contributed by atoms with Crippen molar-refractivity contribution in [1.82, 2.24) is 5.32 Å². The number of hydrogen-bond acceptors (Lipinski definition) is 13. The van der Waals surface area contributed by atoms with Crippen LogP contribution < -0.4 is 5.32 Å². The van der Waals surface area contributed by atoms with E-state index in [1.54, 1.807) is 0 Å². The zero-order valence-electron chi connectivity index (χ0n) is 36.2. The molecule has 2 aliphatic heterocycles. The van der Waals surface area contributed by atoms with Crippen molar-refractivity contribution in [2.75, 3.05) is 19.8 Å². The molecular weight excluding hydrogens is 762 g/mol. The lowest BCUT2D eigenvalue weighted by atomic mass is 9.97. The van der Waals surface area contributed by atoms with Crippen LogP contribution in [-0.4, -0.2) is 140 Å². The SMILES string of the molecule is CCCCC/C=C\C/C=C\CCCCCCCC(=O)NC(COC1OC(CO)C(OC2OC(CO)C(O)C(O)C2O)C(O)C1O)C(O)CCCCCCCCCCCC. The lowest BCUT2D eigenvalue weighted by Gasteiger charge is -2.46. The molecule has 2 rings (SSSR count). The molecule has 2 fully saturated rings. The van der Waals surface area contributed by atoms with E-state index in [1.165, 1.54) is 57.8 Å². The van der Waals surface area contributed by atoms with E-state index < -0.39 is 86.8 Å². The van der Waals surface area contributed by atoms with Gasteiger partial charge in [0.1, 0.15) is 48.8 Å². The molecule has 0 aliphatic carbocycles. The minimum Gasteiger partial charge on any atom is -0.394 e. The van der Waals surface area contributed by atoms with Crippen LogP contribution in [0.1, 0.15) is 162 Å². The molecule has 59 heavy (non-hydrogen) atoms. The fourth-order valence-corrected chi connectivity index (χ4v) is 7.56. The summed E-state index contributed by atoms with van der Waals surface area (Å²) in [5.74, 6) is -0.224. The van der Waals surface area contributed by atoms with Crippen molar-refractivity contribution in [2.45, 2.75) is 235 Å². The molecule has 0 aromatic heterocycles. The van der Waals surface area contributed by atoms with Crippen LogP contribution in [0.25, 0.3) is 0 Å². The highest BCUT2D eigenvalue weighted by Gasteiger charge is 2.51. The summed E-state index contributed by atoms with van der Waals surface area (Å²) in [5.41, 5.74) is 0. The Bertz CT molecular complexity index is 1090. The quantitative estimate of drug-likeness (QED) is 0.0319. The number of amides is 1. The first-order valence-electron chi connectivity index (χ1n) is 23.1. The number of aliphatic hydroxyl groups excluding tert-OH is 8. The smallest absolute Gasteiger partial charge is 0.220 e. The number of unbranched alkanes of at least 4 members (excludes halogenated alkanes) is 17. The molecule has 2 aliphatic rings. The molecule has 2 heterocycles. The second kappa shape index (κ2) is 33.1. The molecule has 0 aromatic carbocycles. The van der Waals surface area contributed by atoms with Gasteiger partial charge in [0.05, 0.1) is 32.0 Å². The second-order valence-electron chi connectivity index (χ2n) is 16.5. The highest BCUT2D eigenvalue weighted by atomic mass is 16.7. The van der Waals surface area contributed by atoms with Gasteiger partial charge in [-0.15, -0.1) is 0 Å². The van der Waals surface area contributed by atoms with Crippen LogP contribution in [-0.2, 0) is 23.7 Å². The van der Waals surface area contributed by atoms with Crippen LogP contribution in [0, 0.1) is 0 Å². The Hall–Kier alpha value is -1.53. The van der Waals surface area contributed by atoms with E-state index in [0.29, 0.717) is 12.8 Å². The molecule has 14 nitrogen and oxygen atoms in total. The van der Waals surface area contributed by atoms with Crippen LogP contribution in [0.15, 0.2) is 24.3 Å². The molecule has 1 amide bonds. The van der Waals surface area contributed by atoms with Gasteiger partial charge in [-0.1, -0.05) is 134 Å². The van der Waals surface area contributed by atoms with Crippen molar-refractivity contribution >= 4 is 5.91 Å². The Balaban J connectivity index is 1.88. The third-order valence-electron chi connectivity index (χ3n) is 11.4. The van der Waals surface area contributed by atoms with Gasteiger partial charge in [-0.2, -0.15) is 0 Å². The maximum Gasteiger partial charge on any atom is 0.220 e. The number of carbonyl (C=O) groups is 1. The summed E-state index contributed by atoms with van der Waals surface area (Å²) in [5, 5.41) is 86.5. The van der Waals surface area contributed by atoms with E-state index in [0.717, 1.165) is 70.6 Å².